The molecule has 5 heterocycles. The predicted octanol–water partition coefficient (Wildman–Crippen LogP) is 2.92. The minimum atomic E-state index is -4.70. The molecule has 180 valence electrons. The van der Waals surface area contributed by atoms with E-state index in [-0.39, 0.29) is 23.9 Å². The molecule has 0 radical (unpaired) electrons. The van der Waals surface area contributed by atoms with Crippen molar-refractivity contribution in [3.63, 3.8) is 0 Å². The predicted molar refractivity (Wildman–Crippen MR) is 109 cm³/mol. The number of aromatic nitrogens is 6. The van der Waals surface area contributed by atoms with Crippen LogP contribution in [0, 0.1) is 5.41 Å². The Kier molecular flexibility index (Phi) is 5.32. The van der Waals surface area contributed by atoms with Crippen LogP contribution in [0.15, 0.2) is 24.7 Å². The average Bonchev–Trinajstić information content (AvgIpc) is 3.34. The second-order valence-corrected chi connectivity index (χ2v) is 8.37. The molecule has 0 bridgehead atoms. The molecule has 0 atom stereocenters. The normalized spacial score (nSPS) is 18.6. The molecule has 3 aromatic heterocycles. The standard InChI is InChI=1S/C20H19F5N8O/c21-13(22)11-33-16-12(9-28-33)27-10-15(29-16)31-6-2-19(3-7-31)4-8-32(18(19)34)14-1-5-26-17(30-14)20(23,24)25/h1,5,9-10,13H,2-4,6-8,11H2. The summed E-state index contributed by atoms with van der Waals surface area (Å²) in [5, 5.41) is 3.91. The highest BCUT2D eigenvalue weighted by atomic mass is 19.4. The van der Waals surface area contributed by atoms with Gasteiger partial charge in [-0.05, 0) is 25.3 Å². The summed E-state index contributed by atoms with van der Waals surface area (Å²) in [5.41, 5.74) is -0.0394. The SMILES string of the molecule is O=C1N(c2ccnc(C(F)(F)F)n2)CCC12CCN(c1cnc3cnn(CC(F)F)c3n1)CC2. The van der Waals surface area contributed by atoms with Crippen molar-refractivity contribution in [1.29, 1.82) is 0 Å². The van der Waals surface area contributed by atoms with E-state index in [1.54, 1.807) is 0 Å². The Hall–Kier alpha value is -3.45. The highest BCUT2D eigenvalue weighted by Crippen LogP contribution is 2.43. The quantitative estimate of drug-likeness (QED) is 0.528. The summed E-state index contributed by atoms with van der Waals surface area (Å²) in [6.45, 7) is 0.598. The van der Waals surface area contributed by atoms with Crippen LogP contribution in [0.1, 0.15) is 25.1 Å². The Morgan fingerprint density at radius 2 is 1.74 bits per heavy atom. The van der Waals surface area contributed by atoms with E-state index in [0.29, 0.717) is 43.7 Å². The zero-order chi connectivity index (χ0) is 24.1. The van der Waals surface area contributed by atoms with Crippen molar-refractivity contribution in [1.82, 2.24) is 29.7 Å². The lowest BCUT2D eigenvalue weighted by atomic mass is 9.77. The van der Waals surface area contributed by atoms with Gasteiger partial charge in [-0.3, -0.25) is 9.69 Å². The first kappa shape index (κ1) is 22.3. The molecule has 0 saturated carbocycles. The minimum absolute atomic E-state index is 0.0600. The second kappa shape index (κ2) is 8.09. The van der Waals surface area contributed by atoms with E-state index in [1.807, 2.05) is 4.90 Å². The van der Waals surface area contributed by atoms with Crippen molar-refractivity contribution in [2.75, 3.05) is 29.4 Å². The van der Waals surface area contributed by atoms with Crippen LogP contribution in [0.3, 0.4) is 0 Å². The maximum atomic E-state index is 13.2. The van der Waals surface area contributed by atoms with Crippen LogP contribution in [0.25, 0.3) is 11.2 Å². The van der Waals surface area contributed by atoms with E-state index < -0.39 is 30.4 Å². The lowest BCUT2D eigenvalue weighted by Gasteiger charge is -2.38. The Morgan fingerprint density at radius 3 is 2.44 bits per heavy atom. The molecule has 2 saturated heterocycles. The maximum Gasteiger partial charge on any atom is 0.451 e. The lowest BCUT2D eigenvalue weighted by molar-refractivity contribution is -0.145. The van der Waals surface area contributed by atoms with Crippen LogP contribution >= 0.6 is 0 Å². The first-order chi connectivity index (χ1) is 16.2. The number of hydrogen-bond acceptors (Lipinski definition) is 7. The van der Waals surface area contributed by atoms with E-state index in [9.17, 15) is 26.7 Å². The molecule has 14 heteroatoms. The molecule has 9 nitrogen and oxygen atoms in total. The van der Waals surface area contributed by atoms with Crippen LogP contribution in [-0.4, -0.2) is 61.7 Å². The number of alkyl halides is 5. The number of amides is 1. The highest BCUT2D eigenvalue weighted by molar-refractivity contribution is 5.99. The average molecular weight is 482 g/mol. The third kappa shape index (κ3) is 3.90. The number of rotatable bonds is 4. The van der Waals surface area contributed by atoms with E-state index in [2.05, 4.69) is 25.0 Å². The topological polar surface area (TPSA) is 92.9 Å². The van der Waals surface area contributed by atoms with Gasteiger partial charge >= 0.3 is 6.18 Å². The molecule has 0 N–H and O–H groups in total. The molecule has 1 spiro atoms. The first-order valence-electron chi connectivity index (χ1n) is 10.6. The van der Waals surface area contributed by atoms with Crippen LogP contribution in [0.5, 0.6) is 0 Å². The van der Waals surface area contributed by atoms with Crippen LogP contribution < -0.4 is 9.80 Å². The smallest absolute Gasteiger partial charge is 0.355 e. The third-order valence-corrected chi connectivity index (χ3v) is 6.37. The minimum Gasteiger partial charge on any atom is -0.355 e. The van der Waals surface area contributed by atoms with Gasteiger partial charge in [0, 0.05) is 25.8 Å². The van der Waals surface area contributed by atoms with Crippen molar-refractivity contribution in [2.45, 2.75) is 38.4 Å². The van der Waals surface area contributed by atoms with Crippen molar-refractivity contribution in [3.05, 3.63) is 30.5 Å². The summed E-state index contributed by atoms with van der Waals surface area (Å²) in [4.78, 5) is 31.9. The van der Waals surface area contributed by atoms with Crippen LogP contribution in [-0.2, 0) is 17.5 Å². The molecule has 0 aliphatic carbocycles. The number of nitrogens with zero attached hydrogens (tertiary/aromatic N) is 8. The molecule has 1 amide bonds. The molecular weight excluding hydrogens is 463 g/mol. The van der Waals surface area contributed by atoms with Gasteiger partial charge in [0.05, 0.1) is 17.8 Å². The number of piperidine rings is 1. The van der Waals surface area contributed by atoms with Gasteiger partial charge in [-0.25, -0.2) is 33.4 Å². The third-order valence-electron chi connectivity index (χ3n) is 6.37. The second-order valence-electron chi connectivity index (χ2n) is 8.37. The van der Waals surface area contributed by atoms with Gasteiger partial charge in [0.15, 0.2) is 5.65 Å². The molecule has 0 unspecified atom stereocenters. The monoisotopic (exact) mass is 482 g/mol. The van der Waals surface area contributed by atoms with E-state index in [4.69, 9.17) is 0 Å². The molecule has 34 heavy (non-hydrogen) atoms. The summed E-state index contributed by atoms with van der Waals surface area (Å²) in [7, 11) is 0. The van der Waals surface area contributed by atoms with Gasteiger partial charge in [0.1, 0.15) is 23.7 Å². The molecule has 2 aliphatic heterocycles. The van der Waals surface area contributed by atoms with Crippen LogP contribution in [0.4, 0.5) is 33.6 Å². The Bertz CT molecular complexity index is 1220. The molecule has 5 rings (SSSR count). The van der Waals surface area contributed by atoms with E-state index in [1.165, 1.54) is 23.4 Å². The van der Waals surface area contributed by atoms with Gasteiger partial charge in [-0.2, -0.15) is 18.3 Å². The van der Waals surface area contributed by atoms with Gasteiger partial charge in [0.25, 0.3) is 6.43 Å². The fraction of sp³-hybridized carbons (Fsp3) is 0.500. The maximum absolute atomic E-state index is 13.2. The summed E-state index contributed by atoms with van der Waals surface area (Å²) < 4.78 is 65.7. The molecule has 2 aliphatic rings. The number of anilines is 2. The summed E-state index contributed by atoms with van der Waals surface area (Å²) >= 11 is 0. The Labute approximate surface area is 189 Å². The number of fused-ring (bicyclic) bond motifs is 1. The zero-order valence-electron chi connectivity index (χ0n) is 17.7. The van der Waals surface area contributed by atoms with E-state index >= 15 is 0 Å². The van der Waals surface area contributed by atoms with Gasteiger partial charge in [0.2, 0.25) is 11.7 Å². The summed E-state index contributed by atoms with van der Waals surface area (Å²) in [6, 6.07) is 1.30. The number of carbonyl (C=O) groups excluding carboxylic acids is 1. The molecule has 3 aromatic rings. The fourth-order valence-electron chi connectivity index (χ4n) is 4.56. The Morgan fingerprint density at radius 1 is 1.00 bits per heavy atom. The first-order valence-corrected chi connectivity index (χ1v) is 10.6. The number of hydrogen-bond donors (Lipinski definition) is 0. The van der Waals surface area contributed by atoms with Gasteiger partial charge in [-0.1, -0.05) is 0 Å². The van der Waals surface area contributed by atoms with Crippen molar-refractivity contribution >= 4 is 28.7 Å². The summed E-state index contributed by atoms with van der Waals surface area (Å²) in [6.07, 6.45) is -1.93. The highest BCUT2D eigenvalue weighted by Gasteiger charge is 2.49. The van der Waals surface area contributed by atoms with Crippen LogP contribution in [0.2, 0.25) is 0 Å². The van der Waals surface area contributed by atoms with Crippen molar-refractivity contribution in [3.8, 4) is 0 Å². The van der Waals surface area contributed by atoms with Gasteiger partial charge in [-0.15, -0.1) is 0 Å². The largest absolute Gasteiger partial charge is 0.451 e. The zero-order valence-corrected chi connectivity index (χ0v) is 17.7. The Balaban J connectivity index is 1.31. The summed E-state index contributed by atoms with van der Waals surface area (Å²) in [5.74, 6) is -1.11. The van der Waals surface area contributed by atoms with Crippen molar-refractivity contribution < 1.29 is 26.7 Å². The van der Waals surface area contributed by atoms with Crippen molar-refractivity contribution in [2.24, 2.45) is 5.41 Å². The molecule has 0 aromatic carbocycles. The number of carbonyl (C=O) groups is 1. The van der Waals surface area contributed by atoms with E-state index in [0.717, 1.165) is 10.9 Å². The van der Waals surface area contributed by atoms with Gasteiger partial charge < -0.3 is 4.90 Å². The number of halogens is 5. The fourth-order valence-corrected chi connectivity index (χ4v) is 4.56. The lowest BCUT2D eigenvalue weighted by Crippen LogP contribution is -2.45. The molecular formula is C20H19F5N8O. The molecule has 2 fully saturated rings.